The molecular formula is C23H29FN4O2S. The number of hydrogen-bond acceptors (Lipinski definition) is 4. The Morgan fingerprint density at radius 2 is 1.61 bits per heavy atom. The van der Waals surface area contributed by atoms with E-state index >= 15 is 0 Å². The van der Waals surface area contributed by atoms with Gasteiger partial charge in [-0.2, -0.15) is 8.42 Å². The topological polar surface area (TPSA) is 47.1 Å². The van der Waals surface area contributed by atoms with Gasteiger partial charge in [-0.25, -0.2) is 4.39 Å². The molecule has 3 aliphatic heterocycles. The summed E-state index contributed by atoms with van der Waals surface area (Å²) in [6.07, 6.45) is 3.65. The van der Waals surface area contributed by atoms with Crippen LogP contribution in [0.15, 0.2) is 42.5 Å². The van der Waals surface area contributed by atoms with E-state index in [1.165, 1.54) is 12.1 Å². The van der Waals surface area contributed by atoms with Gasteiger partial charge in [-0.3, -0.25) is 13.5 Å². The molecule has 3 aliphatic rings. The summed E-state index contributed by atoms with van der Waals surface area (Å²) in [5, 5.41) is 0. The van der Waals surface area contributed by atoms with E-state index in [0.29, 0.717) is 13.1 Å². The van der Waals surface area contributed by atoms with Crippen LogP contribution >= 0.6 is 0 Å². The molecule has 0 N–H and O–H groups in total. The Morgan fingerprint density at radius 1 is 0.871 bits per heavy atom. The maximum atomic E-state index is 13.1. The number of rotatable bonds is 6. The Bertz CT molecular complexity index is 1040. The van der Waals surface area contributed by atoms with Crippen LogP contribution in [0.3, 0.4) is 0 Å². The molecule has 6 nitrogen and oxygen atoms in total. The van der Waals surface area contributed by atoms with E-state index in [2.05, 4.69) is 15.9 Å². The average Bonchev–Trinajstić information content (AvgIpc) is 3.01. The molecule has 2 aromatic carbocycles. The van der Waals surface area contributed by atoms with Gasteiger partial charge in [-0.1, -0.05) is 12.1 Å². The van der Waals surface area contributed by atoms with Gasteiger partial charge in [0.2, 0.25) is 0 Å². The predicted molar refractivity (Wildman–Crippen MR) is 123 cm³/mol. The Labute approximate surface area is 184 Å². The molecule has 0 aliphatic carbocycles. The van der Waals surface area contributed by atoms with Crippen LogP contribution in [-0.4, -0.2) is 59.1 Å². The molecule has 31 heavy (non-hydrogen) atoms. The maximum absolute atomic E-state index is 13.1. The average molecular weight is 445 g/mol. The van der Waals surface area contributed by atoms with Crippen molar-refractivity contribution < 1.29 is 12.8 Å². The van der Waals surface area contributed by atoms with Crippen molar-refractivity contribution >= 4 is 27.3 Å². The number of piperazine rings is 1. The molecule has 3 heterocycles. The van der Waals surface area contributed by atoms with Crippen molar-refractivity contribution in [2.75, 3.05) is 59.3 Å². The monoisotopic (exact) mass is 444 g/mol. The highest BCUT2D eigenvalue weighted by molar-refractivity contribution is 7.94. The summed E-state index contributed by atoms with van der Waals surface area (Å²) in [4.78, 5) is 4.72. The van der Waals surface area contributed by atoms with Crippen molar-refractivity contribution in [3.8, 4) is 0 Å². The minimum atomic E-state index is -3.43. The standard InChI is InChI=1S/C23H29FN4O2S/c24-20-8-10-21(11-9-20)26-17-15-25(16-18-26)12-1-2-13-27-22-7-3-5-19-6-4-14-28(23(19)22)31(27,29)30/h3,5,7-11H,1-2,4,6,12-18H2. The first-order valence-electron chi connectivity index (χ1n) is 11.2. The van der Waals surface area contributed by atoms with Crippen LogP contribution in [0.2, 0.25) is 0 Å². The molecule has 0 spiro atoms. The Hall–Kier alpha value is -2.32. The highest BCUT2D eigenvalue weighted by Crippen LogP contribution is 2.45. The van der Waals surface area contributed by atoms with Crippen LogP contribution in [-0.2, 0) is 16.6 Å². The molecule has 2 aromatic rings. The summed E-state index contributed by atoms with van der Waals surface area (Å²) >= 11 is 0. The zero-order chi connectivity index (χ0) is 21.4. The van der Waals surface area contributed by atoms with Crippen molar-refractivity contribution in [2.45, 2.75) is 25.7 Å². The van der Waals surface area contributed by atoms with Gasteiger partial charge in [0.1, 0.15) is 5.82 Å². The van der Waals surface area contributed by atoms with Gasteiger partial charge in [0.05, 0.1) is 11.4 Å². The van der Waals surface area contributed by atoms with Crippen LogP contribution < -0.4 is 13.5 Å². The molecule has 1 fully saturated rings. The van der Waals surface area contributed by atoms with Gasteiger partial charge in [-0.15, -0.1) is 0 Å². The summed E-state index contributed by atoms with van der Waals surface area (Å²) in [7, 11) is -3.43. The molecule has 0 aromatic heterocycles. The SMILES string of the molecule is O=S1(=O)N(CCCCN2CCN(c3ccc(F)cc3)CC2)c2cccc3c2N1CCC3. The molecule has 0 unspecified atom stereocenters. The van der Waals surface area contributed by atoms with Gasteiger partial charge in [0.15, 0.2) is 0 Å². The van der Waals surface area contributed by atoms with Crippen LogP contribution in [0.25, 0.3) is 0 Å². The molecule has 0 bridgehead atoms. The van der Waals surface area contributed by atoms with E-state index in [0.717, 1.165) is 81.0 Å². The van der Waals surface area contributed by atoms with Gasteiger partial charge < -0.3 is 4.90 Å². The number of benzene rings is 2. The molecular weight excluding hydrogens is 415 g/mol. The van der Waals surface area contributed by atoms with Crippen LogP contribution in [0, 0.1) is 5.82 Å². The second-order valence-electron chi connectivity index (χ2n) is 8.55. The normalized spacial score (nSPS) is 20.2. The summed E-state index contributed by atoms with van der Waals surface area (Å²) in [5.74, 6) is -0.203. The van der Waals surface area contributed by atoms with Crippen molar-refractivity contribution in [3.05, 3.63) is 53.8 Å². The number of halogens is 1. The highest BCUT2D eigenvalue weighted by Gasteiger charge is 2.42. The van der Waals surface area contributed by atoms with E-state index in [1.54, 1.807) is 8.61 Å². The highest BCUT2D eigenvalue weighted by atomic mass is 32.2. The first kappa shape index (κ1) is 20.6. The lowest BCUT2D eigenvalue weighted by Crippen LogP contribution is -2.46. The third-order valence-corrected chi connectivity index (χ3v) is 8.49. The van der Waals surface area contributed by atoms with Crippen molar-refractivity contribution in [2.24, 2.45) is 0 Å². The van der Waals surface area contributed by atoms with Crippen molar-refractivity contribution in [1.29, 1.82) is 0 Å². The van der Waals surface area contributed by atoms with Crippen molar-refractivity contribution in [1.82, 2.24) is 4.90 Å². The van der Waals surface area contributed by atoms with Gasteiger partial charge in [0.25, 0.3) is 0 Å². The fourth-order valence-electron chi connectivity index (χ4n) is 4.98. The fourth-order valence-corrected chi connectivity index (χ4v) is 6.77. The smallest absolute Gasteiger partial charge is 0.326 e. The summed E-state index contributed by atoms with van der Waals surface area (Å²) in [6.45, 7) is 5.89. The summed E-state index contributed by atoms with van der Waals surface area (Å²) in [6, 6.07) is 12.7. The quantitative estimate of drug-likeness (QED) is 0.642. The largest absolute Gasteiger partial charge is 0.369 e. The minimum Gasteiger partial charge on any atom is -0.369 e. The second-order valence-corrected chi connectivity index (χ2v) is 10.3. The zero-order valence-corrected chi connectivity index (χ0v) is 18.5. The summed E-state index contributed by atoms with van der Waals surface area (Å²) < 4.78 is 42.5. The lowest BCUT2D eigenvalue weighted by Gasteiger charge is -2.36. The van der Waals surface area contributed by atoms with E-state index in [4.69, 9.17) is 0 Å². The number of unbranched alkanes of at least 4 members (excludes halogenated alkanes) is 1. The first-order chi connectivity index (χ1) is 15.0. The number of nitrogens with zero attached hydrogens (tertiary/aromatic N) is 4. The Morgan fingerprint density at radius 3 is 2.39 bits per heavy atom. The molecule has 0 radical (unpaired) electrons. The maximum Gasteiger partial charge on any atom is 0.326 e. The van der Waals surface area contributed by atoms with E-state index < -0.39 is 10.2 Å². The van der Waals surface area contributed by atoms with Crippen molar-refractivity contribution in [3.63, 3.8) is 0 Å². The molecule has 0 atom stereocenters. The lowest BCUT2D eigenvalue weighted by atomic mass is 10.0. The van der Waals surface area contributed by atoms with Gasteiger partial charge >= 0.3 is 10.2 Å². The third-order valence-electron chi connectivity index (χ3n) is 6.63. The Kier molecular flexibility index (Phi) is 5.52. The number of hydrogen-bond donors (Lipinski definition) is 0. The predicted octanol–water partition coefficient (Wildman–Crippen LogP) is 3.25. The number of aryl methyl sites for hydroxylation is 1. The van der Waals surface area contributed by atoms with Crippen LogP contribution in [0.4, 0.5) is 21.5 Å². The minimum absolute atomic E-state index is 0.203. The molecule has 0 amide bonds. The van der Waals surface area contributed by atoms with E-state index in [-0.39, 0.29) is 5.82 Å². The molecule has 0 saturated carbocycles. The number of para-hydroxylation sites is 1. The molecule has 166 valence electrons. The zero-order valence-electron chi connectivity index (χ0n) is 17.7. The van der Waals surface area contributed by atoms with Crippen LogP contribution in [0.1, 0.15) is 24.8 Å². The van der Waals surface area contributed by atoms with Crippen LogP contribution in [0.5, 0.6) is 0 Å². The van der Waals surface area contributed by atoms with E-state index in [1.807, 2.05) is 24.3 Å². The molecule has 1 saturated heterocycles. The molecule has 8 heteroatoms. The third kappa shape index (κ3) is 3.87. The fraction of sp³-hybridized carbons (Fsp3) is 0.478. The second kappa shape index (κ2) is 8.31. The summed E-state index contributed by atoms with van der Waals surface area (Å²) in [5.41, 5.74) is 3.98. The molecule has 5 rings (SSSR count). The van der Waals surface area contributed by atoms with E-state index in [9.17, 15) is 12.8 Å². The Balaban J connectivity index is 1.13. The number of anilines is 3. The lowest BCUT2D eigenvalue weighted by molar-refractivity contribution is 0.253. The van der Waals surface area contributed by atoms with Gasteiger partial charge in [-0.05, 0) is 68.1 Å². The first-order valence-corrected chi connectivity index (χ1v) is 12.6. The van der Waals surface area contributed by atoms with Gasteiger partial charge in [0, 0.05) is 45.0 Å².